The van der Waals surface area contributed by atoms with E-state index in [-0.39, 0.29) is 11.9 Å². The van der Waals surface area contributed by atoms with Crippen LogP contribution in [0.5, 0.6) is 0 Å². The smallest absolute Gasteiger partial charge is 0.319 e. The quantitative estimate of drug-likeness (QED) is 0.538. The Morgan fingerprint density at radius 2 is 1.72 bits per heavy atom. The molecule has 0 saturated carbocycles. The zero-order valence-corrected chi connectivity index (χ0v) is 15.7. The van der Waals surface area contributed by atoms with Crippen LogP contribution in [0.4, 0.5) is 10.5 Å². The summed E-state index contributed by atoms with van der Waals surface area (Å²) in [6.45, 7) is 4.24. The lowest BCUT2D eigenvalue weighted by Crippen LogP contribution is -2.29. The molecular formula is C19H32N4O2. The number of carbonyl (C=O) groups is 2. The van der Waals surface area contributed by atoms with Crippen molar-refractivity contribution in [3.05, 3.63) is 29.8 Å². The highest BCUT2D eigenvalue weighted by atomic mass is 16.2. The second kappa shape index (κ2) is 12.3. The molecule has 0 aromatic heterocycles. The van der Waals surface area contributed by atoms with Crippen molar-refractivity contribution < 1.29 is 9.59 Å². The van der Waals surface area contributed by atoms with E-state index in [9.17, 15) is 9.59 Å². The summed E-state index contributed by atoms with van der Waals surface area (Å²) in [7, 11) is 4.18. The zero-order valence-electron chi connectivity index (χ0n) is 15.7. The monoisotopic (exact) mass is 348 g/mol. The van der Waals surface area contributed by atoms with Crippen molar-refractivity contribution in [1.82, 2.24) is 15.5 Å². The molecule has 1 aromatic carbocycles. The molecule has 1 aromatic rings. The predicted octanol–water partition coefficient (Wildman–Crippen LogP) is 3.07. The van der Waals surface area contributed by atoms with Crippen LogP contribution in [-0.4, -0.2) is 50.6 Å². The standard InChI is InChI=1S/C19H32N4O2/c1-4-20-18(24)16-11-10-12-17(15-16)22-19(25)21-13-8-6-5-7-9-14-23(2)3/h10-12,15H,4-9,13-14H2,1-3H3,(H,20,24)(H2,21,22,25). The SMILES string of the molecule is CCNC(=O)c1cccc(NC(=O)NCCCCCCCN(C)C)c1. The maximum Gasteiger partial charge on any atom is 0.319 e. The summed E-state index contributed by atoms with van der Waals surface area (Å²) in [5, 5.41) is 8.36. The van der Waals surface area contributed by atoms with E-state index in [4.69, 9.17) is 0 Å². The number of unbranched alkanes of at least 4 members (excludes halogenated alkanes) is 4. The maximum atomic E-state index is 11.9. The number of amides is 3. The molecule has 0 aliphatic carbocycles. The fourth-order valence-corrected chi connectivity index (χ4v) is 2.46. The van der Waals surface area contributed by atoms with Gasteiger partial charge in [0.1, 0.15) is 0 Å². The fourth-order valence-electron chi connectivity index (χ4n) is 2.46. The van der Waals surface area contributed by atoms with Crippen LogP contribution in [0.25, 0.3) is 0 Å². The van der Waals surface area contributed by atoms with Gasteiger partial charge < -0.3 is 20.9 Å². The Balaban J connectivity index is 2.20. The van der Waals surface area contributed by atoms with Gasteiger partial charge in [-0.15, -0.1) is 0 Å². The summed E-state index contributed by atoms with van der Waals surface area (Å²) in [6.07, 6.45) is 5.76. The van der Waals surface area contributed by atoms with Crippen LogP contribution in [0.3, 0.4) is 0 Å². The molecule has 0 radical (unpaired) electrons. The summed E-state index contributed by atoms with van der Waals surface area (Å²) in [5.41, 5.74) is 1.15. The Labute approximate surface area is 151 Å². The molecule has 3 amide bonds. The largest absolute Gasteiger partial charge is 0.352 e. The van der Waals surface area contributed by atoms with Gasteiger partial charge >= 0.3 is 6.03 Å². The van der Waals surface area contributed by atoms with Crippen LogP contribution >= 0.6 is 0 Å². The Bertz CT molecular complexity index is 532. The van der Waals surface area contributed by atoms with E-state index >= 15 is 0 Å². The van der Waals surface area contributed by atoms with E-state index in [1.165, 1.54) is 19.3 Å². The van der Waals surface area contributed by atoms with Crippen molar-refractivity contribution in [3.8, 4) is 0 Å². The molecule has 25 heavy (non-hydrogen) atoms. The first-order valence-electron chi connectivity index (χ1n) is 9.10. The molecule has 3 N–H and O–H groups in total. The topological polar surface area (TPSA) is 73.5 Å². The molecule has 0 aliphatic heterocycles. The Hall–Kier alpha value is -2.08. The maximum absolute atomic E-state index is 11.9. The first-order chi connectivity index (χ1) is 12.0. The lowest BCUT2D eigenvalue weighted by molar-refractivity contribution is 0.0956. The molecule has 0 unspecified atom stereocenters. The molecule has 140 valence electrons. The van der Waals surface area contributed by atoms with Crippen molar-refractivity contribution in [2.45, 2.75) is 39.0 Å². The number of hydrogen-bond acceptors (Lipinski definition) is 3. The molecule has 6 nitrogen and oxygen atoms in total. The van der Waals surface area contributed by atoms with Crippen LogP contribution in [0, 0.1) is 0 Å². The Morgan fingerprint density at radius 3 is 2.44 bits per heavy atom. The molecule has 0 bridgehead atoms. The average Bonchev–Trinajstić information content (AvgIpc) is 2.57. The molecular weight excluding hydrogens is 316 g/mol. The Morgan fingerprint density at radius 1 is 1.00 bits per heavy atom. The minimum absolute atomic E-state index is 0.138. The van der Waals surface area contributed by atoms with E-state index in [1.807, 2.05) is 6.92 Å². The molecule has 0 aliphatic rings. The van der Waals surface area contributed by atoms with Crippen LogP contribution in [0.15, 0.2) is 24.3 Å². The summed E-state index contributed by atoms with van der Waals surface area (Å²) < 4.78 is 0. The lowest BCUT2D eigenvalue weighted by atomic mass is 10.1. The number of benzene rings is 1. The van der Waals surface area contributed by atoms with Gasteiger partial charge in [-0.1, -0.05) is 25.3 Å². The molecule has 0 fully saturated rings. The van der Waals surface area contributed by atoms with Gasteiger partial charge in [0, 0.05) is 24.3 Å². The number of nitrogens with one attached hydrogen (secondary N) is 3. The second-order valence-corrected chi connectivity index (χ2v) is 6.39. The highest BCUT2D eigenvalue weighted by Crippen LogP contribution is 2.10. The fraction of sp³-hybridized carbons (Fsp3) is 0.579. The van der Waals surface area contributed by atoms with Gasteiger partial charge in [-0.05, 0) is 58.6 Å². The minimum atomic E-state index is -0.236. The number of nitrogens with zero attached hydrogens (tertiary/aromatic N) is 1. The first-order valence-corrected chi connectivity index (χ1v) is 9.10. The van der Waals surface area contributed by atoms with Gasteiger partial charge in [-0.2, -0.15) is 0 Å². The van der Waals surface area contributed by atoms with Gasteiger partial charge in [-0.3, -0.25) is 4.79 Å². The summed E-state index contributed by atoms with van der Waals surface area (Å²) in [6, 6.07) is 6.70. The molecule has 0 saturated heterocycles. The number of hydrogen-bond donors (Lipinski definition) is 3. The average molecular weight is 348 g/mol. The van der Waals surface area contributed by atoms with Crippen LogP contribution in [-0.2, 0) is 0 Å². The van der Waals surface area contributed by atoms with Gasteiger partial charge in [0.2, 0.25) is 0 Å². The highest BCUT2D eigenvalue weighted by Gasteiger charge is 2.06. The third-order valence-electron chi connectivity index (χ3n) is 3.79. The van der Waals surface area contributed by atoms with E-state index in [1.54, 1.807) is 24.3 Å². The van der Waals surface area contributed by atoms with Crippen molar-refractivity contribution in [1.29, 1.82) is 0 Å². The minimum Gasteiger partial charge on any atom is -0.352 e. The van der Waals surface area contributed by atoms with E-state index in [0.717, 1.165) is 19.4 Å². The summed E-state index contributed by atoms with van der Waals surface area (Å²) >= 11 is 0. The summed E-state index contributed by atoms with van der Waals surface area (Å²) in [4.78, 5) is 25.9. The van der Waals surface area contributed by atoms with Crippen molar-refractivity contribution in [3.63, 3.8) is 0 Å². The molecule has 0 spiro atoms. The molecule has 0 atom stereocenters. The molecule has 1 rings (SSSR count). The van der Waals surface area contributed by atoms with Gasteiger partial charge in [0.05, 0.1) is 0 Å². The normalized spacial score (nSPS) is 10.6. The van der Waals surface area contributed by atoms with Crippen LogP contribution in [0.2, 0.25) is 0 Å². The third kappa shape index (κ3) is 9.72. The zero-order chi connectivity index (χ0) is 18.5. The number of anilines is 1. The number of urea groups is 1. The van der Waals surface area contributed by atoms with Gasteiger partial charge in [-0.25, -0.2) is 4.79 Å². The van der Waals surface area contributed by atoms with Crippen molar-refractivity contribution >= 4 is 17.6 Å². The van der Waals surface area contributed by atoms with E-state index in [2.05, 4.69) is 34.9 Å². The first kappa shape index (κ1) is 21.0. The summed E-state index contributed by atoms with van der Waals surface area (Å²) in [5.74, 6) is -0.138. The van der Waals surface area contributed by atoms with Crippen LogP contribution < -0.4 is 16.0 Å². The van der Waals surface area contributed by atoms with Crippen molar-refractivity contribution in [2.75, 3.05) is 39.0 Å². The van der Waals surface area contributed by atoms with Crippen molar-refractivity contribution in [2.24, 2.45) is 0 Å². The number of carbonyl (C=O) groups excluding carboxylic acids is 2. The van der Waals surface area contributed by atoms with Gasteiger partial charge in [0.25, 0.3) is 5.91 Å². The Kier molecular flexibility index (Phi) is 10.3. The van der Waals surface area contributed by atoms with Gasteiger partial charge in [0.15, 0.2) is 0 Å². The number of rotatable bonds is 11. The molecule has 6 heteroatoms. The second-order valence-electron chi connectivity index (χ2n) is 6.39. The third-order valence-corrected chi connectivity index (χ3v) is 3.79. The highest BCUT2D eigenvalue weighted by molar-refractivity contribution is 5.96. The molecule has 0 heterocycles. The van der Waals surface area contributed by atoms with E-state index in [0.29, 0.717) is 24.3 Å². The predicted molar refractivity (Wildman–Crippen MR) is 103 cm³/mol. The van der Waals surface area contributed by atoms with E-state index < -0.39 is 0 Å². The lowest BCUT2D eigenvalue weighted by Gasteiger charge is -2.10. The van der Waals surface area contributed by atoms with Crippen LogP contribution in [0.1, 0.15) is 49.4 Å².